The Balaban J connectivity index is 1.61. The predicted octanol–water partition coefficient (Wildman–Crippen LogP) is 3.47. The van der Waals surface area contributed by atoms with Crippen molar-refractivity contribution in [2.75, 3.05) is 19.2 Å². The fourth-order valence-electron chi connectivity index (χ4n) is 2.44. The van der Waals surface area contributed by atoms with E-state index < -0.39 is 0 Å². The van der Waals surface area contributed by atoms with Crippen LogP contribution in [0.25, 0.3) is 0 Å². The van der Waals surface area contributed by atoms with Crippen LogP contribution in [0.15, 0.2) is 42.5 Å². The third-order valence-electron chi connectivity index (χ3n) is 3.49. The summed E-state index contributed by atoms with van der Waals surface area (Å²) in [7, 11) is 1.68. The Hall–Kier alpha value is -2.36. The van der Waals surface area contributed by atoms with Crippen LogP contribution in [0, 0.1) is 0 Å². The molecule has 1 atom stereocenters. The average Bonchev–Trinajstić information content (AvgIpc) is 2.95. The number of methoxy groups -OCH3 is 1. The number of rotatable bonds is 5. The van der Waals surface area contributed by atoms with E-state index in [-0.39, 0.29) is 0 Å². The summed E-state index contributed by atoms with van der Waals surface area (Å²) in [5.41, 5.74) is 2.32. The molecule has 0 saturated heterocycles. The molecule has 0 radical (unpaired) electrons. The number of ether oxygens (including phenoxy) is 3. The second-order valence-electron chi connectivity index (χ2n) is 5.17. The number of benzene rings is 2. The lowest BCUT2D eigenvalue weighted by atomic mass is 10.1. The monoisotopic (exact) mass is 285 g/mol. The highest BCUT2D eigenvalue weighted by Gasteiger charge is 2.14. The molecule has 0 bridgehead atoms. The van der Waals surface area contributed by atoms with Gasteiger partial charge in [-0.25, -0.2) is 0 Å². The lowest BCUT2D eigenvalue weighted by molar-refractivity contribution is 0.174. The minimum absolute atomic E-state index is 0.306. The van der Waals surface area contributed by atoms with Crippen molar-refractivity contribution in [2.24, 2.45) is 0 Å². The first-order valence-electron chi connectivity index (χ1n) is 7.04. The Bertz CT molecular complexity index is 610. The first-order valence-corrected chi connectivity index (χ1v) is 7.04. The largest absolute Gasteiger partial charge is 0.497 e. The molecule has 3 rings (SSSR count). The van der Waals surface area contributed by atoms with Crippen LogP contribution in [0.2, 0.25) is 0 Å². The second kappa shape index (κ2) is 5.95. The van der Waals surface area contributed by atoms with Gasteiger partial charge in [0.15, 0.2) is 11.5 Å². The molecule has 0 spiro atoms. The Morgan fingerprint density at radius 2 is 1.86 bits per heavy atom. The highest BCUT2D eigenvalue weighted by atomic mass is 16.7. The Kier molecular flexibility index (Phi) is 3.86. The Morgan fingerprint density at radius 3 is 2.62 bits per heavy atom. The van der Waals surface area contributed by atoms with Gasteiger partial charge in [-0.2, -0.15) is 0 Å². The molecular weight excluding hydrogens is 266 g/mol. The number of fused-ring (bicyclic) bond motifs is 1. The molecule has 110 valence electrons. The molecule has 0 aliphatic carbocycles. The minimum atomic E-state index is 0.306. The molecule has 0 saturated carbocycles. The van der Waals surface area contributed by atoms with Gasteiger partial charge < -0.3 is 19.5 Å². The molecule has 21 heavy (non-hydrogen) atoms. The standard InChI is InChI=1S/C17H19NO3/c1-12(9-13-3-6-15(19-2)7-4-13)18-14-5-8-16-17(10-14)21-11-20-16/h3-8,10,12,18H,9,11H2,1-2H3/t12-/m1/s1. The van der Waals surface area contributed by atoms with Gasteiger partial charge in [-0.05, 0) is 43.2 Å². The van der Waals surface area contributed by atoms with Crippen LogP contribution < -0.4 is 19.5 Å². The van der Waals surface area contributed by atoms with E-state index in [1.807, 2.05) is 30.3 Å². The third kappa shape index (κ3) is 3.21. The summed E-state index contributed by atoms with van der Waals surface area (Å²) in [6.45, 7) is 2.47. The second-order valence-corrected chi connectivity index (χ2v) is 5.17. The lowest BCUT2D eigenvalue weighted by Crippen LogP contribution is -2.17. The maximum absolute atomic E-state index is 5.39. The SMILES string of the molecule is COc1ccc(C[C@@H](C)Nc2ccc3c(c2)OCO3)cc1. The summed E-state index contributed by atoms with van der Waals surface area (Å²) in [4.78, 5) is 0. The third-order valence-corrected chi connectivity index (χ3v) is 3.49. The molecule has 0 fully saturated rings. The zero-order valence-electron chi connectivity index (χ0n) is 12.3. The smallest absolute Gasteiger partial charge is 0.231 e. The van der Waals surface area contributed by atoms with E-state index in [1.54, 1.807) is 7.11 Å². The van der Waals surface area contributed by atoms with Crippen molar-refractivity contribution in [1.82, 2.24) is 0 Å². The molecule has 1 aliphatic heterocycles. The number of hydrogen-bond acceptors (Lipinski definition) is 4. The van der Waals surface area contributed by atoms with Gasteiger partial charge in [-0.1, -0.05) is 12.1 Å². The summed E-state index contributed by atoms with van der Waals surface area (Å²) >= 11 is 0. The van der Waals surface area contributed by atoms with Gasteiger partial charge in [0.2, 0.25) is 6.79 Å². The van der Waals surface area contributed by atoms with Gasteiger partial charge in [0.05, 0.1) is 7.11 Å². The van der Waals surface area contributed by atoms with Crippen LogP contribution in [-0.2, 0) is 6.42 Å². The molecule has 1 heterocycles. The molecule has 0 unspecified atom stereocenters. The molecule has 2 aromatic rings. The van der Waals surface area contributed by atoms with E-state index in [4.69, 9.17) is 14.2 Å². The van der Waals surface area contributed by atoms with Gasteiger partial charge in [0, 0.05) is 17.8 Å². The first-order chi connectivity index (χ1) is 10.2. The maximum atomic E-state index is 5.39. The van der Waals surface area contributed by atoms with Crippen molar-refractivity contribution in [3.8, 4) is 17.2 Å². The van der Waals surface area contributed by atoms with Gasteiger partial charge in [0.1, 0.15) is 5.75 Å². The maximum Gasteiger partial charge on any atom is 0.231 e. The summed E-state index contributed by atoms with van der Waals surface area (Å²) in [5.74, 6) is 2.50. The van der Waals surface area contributed by atoms with Crippen LogP contribution in [0.5, 0.6) is 17.2 Å². The van der Waals surface area contributed by atoms with E-state index in [1.165, 1.54) is 5.56 Å². The summed E-state index contributed by atoms with van der Waals surface area (Å²) in [6.07, 6.45) is 0.943. The zero-order chi connectivity index (χ0) is 14.7. The highest BCUT2D eigenvalue weighted by Crippen LogP contribution is 2.34. The average molecular weight is 285 g/mol. The molecule has 1 N–H and O–H groups in total. The predicted molar refractivity (Wildman–Crippen MR) is 82.3 cm³/mol. The number of anilines is 1. The summed E-state index contributed by atoms with van der Waals surface area (Å²) in [5, 5.41) is 3.48. The van der Waals surface area contributed by atoms with Gasteiger partial charge >= 0.3 is 0 Å². The van der Waals surface area contributed by atoms with Gasteiger partial charge in [-0.15, -0.1) is 0 Å². The fourth-order valence-corrected chi connectivity index (χ4v) is 2.44. The van der Waals surface area contributed by atoms with Crippen LogP contribution in [-0.4, -0.2) is 19.9 Å². The Morgan fingerprint density at radius 1 is 1.10 bits per heavy atom. The Labute approximate surface area is 124 Å². The molecular formula is C17H19NO3. The van der Waals surface area contributed by atoms with Crippen molar-refractivity contribution in [3.05, 3.63) is 48.0 Å². The normalized spacial score (nSPS) is 13.8. The quantitative estimate of drug-likeness (QED) is 0.913. The van der Waals surface area contributed by atoms with Crippen LogP contribution in [0.1, 0.15) is 12.5 Å². The van der Waals surface area contributed by atoms with Crippen LogP contribution >= 0.6 is 0 Å². The zero-order valence-corrected chi connectivity index (χ0v) is 12.3. The van der Waals surface area contributed by atoms with Gasteiger partial charge in [0.25, 0.3) is 0 Å². The van der Waals surface area contributed by atoms with Crippen molar-refractivity contribution in [3.63, 3.8) is 0 Å². The molecule has 4 heteroatoms. The lowest BCUT2D eigenvalue weighted by Gasteiger charge is -2.16. The molecule has 2 aromatic carbocycles. The minimum Gasteiger partial charge on any atom is -0.497 e. The van der Waals surface area contributed by atoms with Gasteiger partial charge in [-0.3, -0.25) is 0 Å². The van der Waals surface area contributed by atoms with Crippen LogP contribution in [0.4, 0.5) is 5.69 Å². The van der Waals surface area contributed by atoms with E-state index in [0.29, 0.717) is 12.8 Å². The topological polar surface area (TPSA) is 39.7 Å². The fraction of sp³-hybridized carbons (Fsp3) is 0.294. The van der Waals surface area contributed by atoms with E-state index >= 15 is 0 Å². The molecule has 0 amide bonds. The van der Waals surface area contributed by atoms with Crippen molar-refractivity contribution in [2.45, 2.75) is 19.4 Å². The number of hydrogen-bond donors (Lipinski definition) is 1. The highest BCUT2D eigenvalue weighted by molar-refractivity contribution is 5.56. The van der Waals surface area contributed by atoms with E-state index in [9.17, 15) is 0 Å². The van der Waals surface area contributed by atoms with Crippen molar-refractivity contribution >= 4 is 5.69 Å². The van der Waals surface area contributed by atoms with Crippen molar-refractivity contribution < 1.29 is 14.2 Å². The first kappa shape index (κ1) is 13.6. The summed E-state index contributed by atoms with van der Waals surface area (Å²) < 4.78 is 15.9. The number of nitrogens with one attached hydrogen (secondary N) is 1. The van der Waals surface area contributed by atoms with E-state index in [0.717, 1.165) is 29.4 Å². The van der Waals surface area contributed by atoms with Crippen molar-refractivity contribution in [1.29, 1.82) is 0 Å². The molecule has 1 aliphatic rings. The van der Waals surface area contributed by atoms with Crippen LogP contribution in [0.3, 0.4) is 0 Å². The van der Waals surface area contributed by atoms with E-state index in [2.05, 4.69) is 24.4 Å². The summed E-state index contributed by atoms with van der Waals surface area (Å²) in [6, 6.07) is 14.4. The molecule has 0 aromatic heterocycles. The molecule has 4 nitrogen and oxygen atoms in total.